The standard InChI is InChI=1S/C25H31BrF2N4.C2H6/c1-2-30-12-10-22-20(16-30)25(29-32(22)19-8-4-3-5-9-19)31-11-6-7-17-13-21(26)18(14-23(17)31)15-24(27)28;1-2/h2,13-14,19,24H,1,3-12,15-16H2;1-2H3. The van der Waals surface area contributed by atoms with Gasteiger partial charge in [0.05, 0.1) is 6.04 Å². The normalized spacial score (nSPS) is 18.3. The van der Waals surface area contributed by atoms with Gasteiger partial charge in [-0.2, -0.15) is 5.10 Å². The molecular weight excluding hydrogens is 498 g/mol. The number of fused-ring (bicyclic) bond motifs is 2. The van der Waals surface area contributed by atoms with Gasteiger partial charge < -0.3 is 9.80 Å². The molecule has 1 aromatic carbocycles. The Kier molecular flexibility index (Phi) is 8.33. The van der Waals surface area contributed by atoms with Crippen LogP contribution in [0.4, 0.5) is 20.3 Å². The zero-order chi connectivity index (χ0) is 24.2. The van der Waals surface area contributed by atoms with Crippen molar-refractivity contribution < 1.29 is 8.78 Å². The third-order valence-corrected chi connectivity index (χ3v) is 8.01. The number of rotatable bonds is 5. The highest BCUT2D eigenvalue weighted by molar-refractivity contribution is 9.10. The SMILES string of the molecule is C=CN1CCc2c(c(N3CCCc4cc(Br)c(CC(F)F)cc43)nn2C2CCCCC2)C1.CC. The van der Waals surface area contributed by atoms with E-state index in [1.165, 1.54) is 48.9 Å². The molecular formula is C27H37BrF2N4. The minimum absolute atomic E-state index is 0.236. The van der Waals surface area contributed by atoms with Crippen LogP contribution in [0.5, 0.6) is 0 Å². The summed E-state index contributed by atoms with van der Waals surface area (Å²) >= 11 is 3.52. The number of nitrogens with zero attached hydrogens (tertiary/aromatic N) is 4. The minimum atomic E-state index is -2.36. The van der Waals surface area contributed by atoms with Crippen molar-refractivity contribution in [3.63, 3.8) is 0 Å². The maximum Gasteiger partial charge on any atom is 0.242 e. The maximum absolute atomic E-state index is 13.2. The van der Waals surface area contributed by atoms with E-state index in [0.717, 1.165) is 54.9 Å². The summed E-state index contributed by atoms with van der Waals surface area (Å²) in [5.74, 6) is 1.02. The Morgan fingerprint density at radius 2 is 1.88 bits per heavy atom. The molecule has 7 heteroatoms. The fraction of sp³-hybridized carbons (Fsp3) is 0.593. The molecule has 0 spiro atoms. The van der Waals surface area contributed by atoms with Crippen molar-refractivity contribution >= 4 is 27.4 Å². The lowest BCUT2D eigenvalue weighted by Crippen LogP contribution is -2.30. The first kappa shape index (κ1) is 25.2. The van der Waals surface area contributed by atoms with Gasteiger partial charge in [-0.15, -0.1) is 0 Å². The third-order valence-electron chi connectivity index (χ3n) is 7.27. The van der Waals surface area contributed by atoms with Crippen LogP contribution in [0.3, 0.4) is 0 Å². The Hall–Kier alpha value is -1.89. The summed E-state index contributed by atoms with van der Waals surface area (Å²) in [6, 6.07) is 4.48. The average molecular weight is 536 g/mol. The summed E-state index contributed by atoms with van der Waals surface area (Å²) in [6.07, 6.45) is 8.54. The van der Waals surface area contributed by atoms with Gasteiger partial charge in [0.2, 0.25) is 6.43 Å². The fourth-order valence-electron chi connectivity index (χ4n) is 5.64. The number of halogens is 3. The topological polar surface area (TPSA) is 24.3 Å². The molecule has 34 heavy (non-hydrogen) atoms. The minimum Gasteiger partial charge on any atom is -0.373 e. The molecule has 1 saturated carbocycles. The zero-order valence-corrected chi connectivity index (χ0v) is 22.1. The monoisotopic (exact) mass is 534 g/mol. The highest BCUT2D eigenvalue weighted by Gasteiger charge is 2.32. The number of aryl methyl sites for hydroxylation is 1. The molecule has 0 amide bonds. The number of hydrogen-bond acceptors (Lipinski definition) is 3. The van der Waals surface area contributed by atoms with Crippen molar-refractivity contribution in [1.82, 2.24) is 14.7 Å². The molecule has 0 N–H and O–H groups in total. The number of alkyl halides is 2. The Labute approximate surface area is 211 Å². The number of aromatic nitrogens is 2. The molecule has 186 valence electrons. The Morgan fingerprint density at radius 3 is 2.59 bits per heavy atom. The molecule has 0 radical (unpaired) electrons. The summed E-state index contributed by atoms with van der Waals surface area (Å²) in [4.78, 5) is 4.55. The predicted octanol–water partition coefficient (Wildman–Crippen LogP) is 7.57. The molecule has 1 aliphatic carbocycles. The first-order valence-electron chi connectivity index (χ1n) is 12.9. The first-order valence-corrected chi connectivity index (χ1v) is 13.7. The van der Waals surface area contributed by atoms with Crippen LogP contribution in [0.1, 0.15) is 80.8 Å². The molecule has 2 aromatic rings. The van der Waals surface area contributed by atoms with Crippen LogP contribution in [-0.2, 0) is 25.8 Å². The van der Waals surface area contributed by atoms with E-state index in [1.807, 2.05) is 32.2 Å². The second-order valence-electron chi connectivity index (χ2n) is 9.31. The molecule has 0 saturated heterocycles. The van der Waals surface area contributed by atoms with E-state index in [9.17, 15) is 8.78 Å². The van der Waals surface area contributed by atoms with Crippen LogP contribution in [0, 0.1) is 0 Å². The van der Waals surface area contributed by atoms with E-state index in [1.54, 1.807) is 0 Å². The van der Waals surface area contributed by atoms with Crippen LogP contribution in [-0.4, -0.2) is 34.2 Å². The van der Waals surface area contributed by atoms with Gasteiger partial charge >= 0.3 is 0 Å². The lowest BCUT2D eigenvalue weighted by Gasteiger charge is -2.33. The largest absolute Gasteiger partial charge is 0.373 e. The van der Waals surface area contributed by atoms with Crippen LogP contribution in [0.2, 0.25) is 0 Å². The fourth-order valence-corrected chi connectivity index (χ4v) is 6.19. The van der Waals surface area contributed by atoms with Gasteiger partial charge in [-0.05, 0) is 55.1 Å². The molecule has 4 nitrogen and oxygen atoms in total. The Bertz CT molecular complexity index is 997. The second-order valence-corrected chi connectivity index (χ2v) is 10.2. The van der Waals surface area contributed by atoms with Crippen molar-refractivity contribution in [2.75, 3.05) is 18.0 Å². The van der Waals surface area contributed by atoms with Crippen molar-refractivity contribution in [3.05, 3.63) is 51.8 Å². The van der Waals surface area contributed by atoms with Gasteiger partial charge in [-0.3, -0.25) is 4.68 Å². The summed E-state index contributed by atoms with van der Waals surface area (Å²) < 4.78 is 29.5. The summed E-state index contributed by atoms with van der Waals surface area (Å²) in [7, 11) is 0. The molecule has 0 bridgehead atoms. The molecule has 5 rings (SSSR count). The lowest BCUT2D eigenvalue weighted by atomic mass is 9.95. The highest BCUT2D eigenvalue weighted by atomic mass is 79.9. The molecule has 1 aromatic heterocycles. The van der Waals surface area contributed by atoms with Crippen LogP contribution >= 0.6 is 15.9 Å². The highest BCUT2D eigenvalue weighted by Crippen LogP contribution is 2.42. The van der Waals surface area contributed by atoms with Crippen molar-refractivity contribution in [3.8, 4) is 0 Å². The number of benzene rings is 1. The van der Waals surface area contributed by atoms with Crippen molar-refractivity contribution in [2.24, 2.45) is 0 Å². The van der Waals surface area contributed by atoms with E-state index in [0.29, 0.717) is 11.6 Å². The number of hydrogen-bond donors (Lipinski definition) is 0. The average Bonchev–Trinajstić information content (AvgIpc) is 3.24. The van der Waals surface area contributed by atoms with Gasteiger partial charge in [-0.25, -0.2) is 8.78 Å². The van der Waals surface area contributed by atoms with E-state index in [-0.39, 0.29) is 6.42 Å². The van der Waals surface area contributed by atoms with Crippen molar-refractivity contribution in [1.29, 1.82) is 0 Å². The maximum atomic E-state index is 13.2. The quantitative estimate of drug-likeness (QED) is 0.395. The molecule has 2 aliphatic heterocycles. The Morgan fingerprint density at radius 1 is 1.12 bits per heavy atom. The summed E-state index contributed by atoms with van der Waals surface area (Å²) in [5.41, 5.74) is 5.56. The van der Waals surface area contributed by atoms with Crippen LogP contribution < -0.4 is 4.90 Å². The zero-order valence-electron chi connectivity index (χ0n) is 20.5. The van der Waals surface area contributed by atoms with Crippen molar-refractivity contribution in [2.45, 2.75) is 90.6 Å². The molecule has 3 heterocycles. The first-order chi connectivity index (χ1) is 16.5. The summed E-state index contributed by atoms with van der Waals surface area (Å²) in [6.45, 7) is 10.6. The van der Waals surface area contributed by atoms with Gasteiger partial charge in [0.1, 0.15) is 0 Å². The Balaban J connectivity index is 0.00000133. The number of anilines is 2. The van der Waals surface area contributed by atoms with E-state index in [4.69, 9.17) is 5.10 Å². The van der Waals surface area contributed by atoms with Gasteiger partial charge in [0, 0.05) is 53.9 Å². The smallest absolute Gasteiger partial charge is 0.242 e. The third kappa shape index (κ3) is 5.05. The van der Waals surface area contributed by atoms with Crippen LogP contribution in [0.25, 0.3) is 0 Å². The van der Waals surface area contributed by atoms with E-state index < -0.39 is 6.43 Å². The van der Waals surface area contributed by atoms with Gasteiger partial charge in [0.25, 0.3) is 0 Å². The van der Waals surface area contributed by atoms with Crippen LogP contribution in [0.15, 0.2) is 29.4 Å². The molecule has 0 unspecified atom stereocenters. The van der Waals surface area contributed by atoms with E-state index in [2.05, 4.69) is 37.0 Å². The lowest BCUT2D eigenvalue weighted by molar-refractivity contribution is 0.149. The molecule has 1 fully saturated rings. The molecule has 0 atom stereocenters. The predicted molar refractivity (Wildman–Crippen MR) is 139 cm³/mol. The van der Waals surface area contributed by atoms with E-state index >= 15 is 0 Å². The second kappa shape index (κ2) is 11.2. The summed E-state index contributed by atoms with van der Waals surface area (Å²) in [5, 5.41) is 5.24. The van der Waals surface area contributed by atoms with Gasteiger partial charge in [-0.1, -0.05) is 55.6 Å². The van der Waals surface area contributed by atoms with Gasteiger partial charge in [0.15, 0.2) is 5.82 Å². The molecule has 3 aliphatic rings.